The third kappa shape index (κ3) is 3.32. The first-order valence-corrected chi connectivity index (χ1v) is 6.09. The topological polar surface area (TPSA) is 83.5 Å². The van der Waals surface area contributed by atoms with Crippen LogP contribution < -0.4 is 4.72 Å². The SMILES string of the molecule is Cc1cc(C)cc(S(=O)(=O)NCC(=O)O)c1. The molecule has 0 heterocycles. The Morgan fingerprint density at radius 1 is 1.25 bits per heavy atom. The van der Waals surface area contributed by atoms with Gasteiger partial charge in [-0.1, -0.05) is 6.07 Å². The molecule has 6 heteroatoms. The molecular weight excluding hydrogens is 230 g/mol. The van der Waals surface area contributed by atoms with E-state index in [2.05, 4.69) is 0 Å². The van der Waals surface area contributed by atoms with Gasteiger partial charge >= 0.3 is 5.97 Å². The number of aryl methyl sites for hydroxylation is 2. The number of rotatable bonds is 4. The number of benzene rings is 1. The van der Waals surface area contributed by atoms with E-state index in [9.17, 15) is 13.2 Å². The van der Waals surface area contributed by atoms with E-state index in [0.717, 1.165) is 11.1 Å². The predicted octanol–water partition coefficient (Wildman–Crippen LogP) is 0.666. The van der Waals surface area contributed by atoms with Crippen LogP contribution in [-0.2, 0) is 14.8 Å². The minimum Gasteiger partial charge on any atom is -0.480 e. The second-order valence-electron chi connectivity index (χ2n) is 3.54. The lowest BCUT2D eigenvalue weighted by Gasteiger charge is -2.06. The fourth-order valence-corrected chi connectivity index (χ4v) is 2.49. The highest BCUT2D eigenvalue weighted by atomic mass is 32.2. The van der Waals surface area contributed by atoms with Gasteiger partial charge in [-0.3, -0.25) is 4.79 Å². The molecule has 0 aliphatic heterocycles. The number of carboxylic acids is 1. The van der Waals surface area contributed by atoms with Crippen molar-refractivity contribution in [3.63, 3.8) is 0 Å². The van der Waals surface area contributed by atoms with Crippen LogP contribution in [0, 0.1) is 13.8 Å². The van der Waals surface area contributed by atoms with Crippen LogP contribution in [0.1, 0.15) is 11.1 Å². The molecule has 0 aliphatic carbocycles. The zero-order chi connectivity index (χ0) is 12.3. The lowest BCUT2D eigenvalue weighted by molar-refractivity contribution is -0.135. The van der Waals surface area contributed by atoms with Crippen molar-refractivity contribution in [1.29, 1.82) is 0 Å². The number of aliphatic carboxylic acids is 1. The summed E-state index contributed by atoms with van der Waals surface area (Å²) < 4.78 is 25.3. The summed E-state index contributed by atoms with van der Waals surface area (Å²) in [5.74, 6) is -1.21. The van der Waals surface area contributed by atoms with E-state index in [0.29, 0.717) is 0 Å². The molecule has 1 aromatic rings. The van der Waals surface area contributed by atoms with Gasteiger partial charge in [-0.05, 0) is 37.1 Å². The average molecular weight is 243 g/mol. The summed E-state index contributed by atoms with van der Waals surface area (Å²) in [6, 6.07) is 4.84. The van der Waals surface area contributed by atoms with Crippen molar-refractivity contribution in [2.24, 2.45) is 0 Å². The van der Waals surface area contributed by atoms with Gasteiger partial charge in [0.25, 0.3) is 0 Å². The van der Waals surface area contributed by atoms with E-state index in [4.69, 9.17) is 5.11 Å². The van der Waals surface area contributed by atoms with Crippen molar-refractivity contribution in [2.45, 2.75) is 18.7 Å². The fourth-order valence-electron chi connectivity index (χ4n) is 1.33. The Balaban J connectivity index is 3.02. The third-order valence-corrected chi connectivity index (χ3v) is 3.30. The molecule has 1 rings (SSSR count). The molecule has 0 aliphatic rings. The van der Waals surface area contributed by atoms with Crippen molar-refractivity contribution in [2.75, 3.05) is 6.54 Å². The molecule has 0 bridgehead atoms. The van der Waals surface area contributed by atoms with Crippen LogP contribution in [0.15, 0.2) is 23.1 Å². The van der Waals surface area contributed by atoms with Gasteiger partial charge in [-0.15, -0.1) is 0 Å². The Morgan fingerprint density at radius 2 is 1.75 bits per heavy atom. The second kappa shape index (κ2) is 4.63. The maximum Gasteiger partial charge on any atom is 0.318 e. The number of carbonyl (C=O) groups is 1. The van der Waals surface area contributed by atoms with E-state index in [1.807, 2.05) is 10.8 Å². The molecule has 88 valence electrons. The monoisotopic (exact) mass is 243 g/mol. The molecule has 0 amide bonds. The standard InChI is InChI=1S/C10H13NO4S/c1-7-3-8(2)5-9(4-7)16(14,15)11-6-10(12)13/h3-5,11H,6H2,1-2H3,(H,12,13). The number of hydrogen-bond acceptors (Lipinski definition) is 3. The van der Waals surface area contributed by atoms with Crippen LogP contribution in [0.5, 0.6) is 0 Å². The first-order chi connectivity index (χ1) is 7.31. The molecule has 0 spiro atoms. The minimum atomic E-state index is -3.73. The van der Waals surface area contributed by atoms with E-state index in [1.54, 1.807) is 13.8 Å². The van der Waals surface area contributed by atoms with Gasteiger partial charge in [-0.2, -0.15) is 4.72 Å². The molecule has 1 aromatic carbocycles. The Bertz CT molecular complexity index is 487. The molecule has 0 radical (unpaired) electrons. The second-order valence-corrected chi connectivity index (χ2v) is 5.31. The highest BCUT2D eigenvalue weighted by Crippen LogP contribution is 2.13. The van der Waals surface area contributed by atoms with Crippen LogP contribution in [0.3, 0.4) is 0 Å². The average Bonchev–Trinajstić information content (AvgIpc) is 2.13. The van der Waals surface area contributed by atoms with Crippen LogP contribution >= 0.6 is 0 Å². The predicted molar refractivity (Wildman–Crippen MR) is 58.7 cm³/mol. The molecule has 0 saturated heterocycles. The summed E-state index contributed by atoms with van der Waals surface area (Å²) in [6.45, 7) is 2.95. The summed E-state index contributed by atoms with van der Waals surface area (Å²) in [5.41, 5.74) is 1.63. The highest BCUT2D eigenvalue weighted by molar-refractivity contribution is 7.89. The lowest BCUT2D eigenvalue weighted by Crippen LogP contribution is -2.29. The summed E-state index contributed by atoms with van der Waals surface area (Å²) in [6.07, 6.45) is 0. The lowest BCUT2D eigenvalue weighted by atomic mass is 10.2. The van der Waals surface area contributed by atoms with Crippen molar-refractivity contribution in [1.82, 2.24) is 4.72 Å². The number of carboxylic acid groups (broad SMARTS) is 1. The van der Waals surface area contributed by atoms with E-state index in [-0.39, 0.29) is 4.90 Å². The van der Waals surface area contributed by atoms with Crippen molar-refractivity contribution in [3.8, 4) is 0 Å². The normalized spacial score (nSPS) is 11.4. The van der Waals surface area contributed by atoms with Gasteiger partial charge in [0.1, 0.15) is 6.54 Å². The molecule has 0 atom stereocenters. The van der Waals surface area contributed by atoms with Crippen LogP contribution in [0.25, 0.3) is 0 Å². The number of hydrogen-bond donors (Lipinski definition) is 2. The Kier molecular flexibility index (Phi) is 3.66. The van der Waals surface area contributed by atoms with Crippen LogP contribution in [0.4, 0.5) is 0 Å². The van der Waals surface area contributed by atoms with Crippen molar-refractivity contribution < 1.29 is 18.3 Å². The Hall–Kier alpha value is -1.40. The first kappa shape index (κ1) is 12.7. The number of nitrogens with one attached hydrogen (secondary N) is 1. The summed E-state index contributed by atoms with van der Waals surface area (Å²) >= 11 is 0. The van der Waals surface area contributed by atoms with E-state index >= 15 is 0 Å². The fraction of sp³-hybridized carbons (Fsp3) is 0.300. The highest BCUT2D eigenvalue weighted by Gasteiger charge is 2.15. The first-order valence-electron chi connectivity index (χ1n) is 4.61. The maximum atomic E-state index is 11.7. The zero-order valence-corrected chi connectivity index (χ0v) is 9.84. The maximum absolute atomic E-state index is 11.7. The van der Waals surface area contributed by atoms with Gasteiger partial charge in [0, 0.05) is 0 Å². The molecular formula is C10H13NO4S. The van der Waals surface area contributed by atoms with Gasteiger partial charge in [0.05, 0.1) is 4.90 Å². The summed E-state index contributed by atoms with van der Waals surface area (Å²) in [4.78, 5) is 10.4. The zero-order valence-electron chi connectivity index (χ0n) is 9.02. The molecule has 0 aromatic heterocycles. The Labute approximate surface area is 94.2 Å². The van der Waals surface area contributed by atoms with Gasteiger partial charge in [-0.25, -0.2) is 8.42 Å². The molecule has 16 heavy (non-hydrogen) atoms. The quantitative estimate of drug-likeness (QED) is 0.814. The molecule has 0 saturated carbocycles. The summed E-state index contributed by atoms with van der Waals surface area (Å²) in [7, 11) is -3.73. The van der Waals surface area contributed by atoms with E-state index in [1.165, 1.54) is 12.1 Å². The minimum absolute atomic E-state index is 0.0891. The third-order valence-electron chi connectivity index (χ3n) is 1.92. The smallest absolute Gasteiger partial charge is 0.318 e. The van der Waals surface area contributed by atoms with Crippen molar-refractivity contribution >= 4 is 16.0 Å². The van der Waals surface area contributed by atoms with E-state index < -0.39 is 22.5 Å². The van der Waals surface area contributed by atoms with Crippen molar-refractivity contribution in [3.05, 3.63) is 29.3 Å². The largest absolute Gasteiger partial charge is 0.480 e. The molecule has 5 nitrogen and oxygen atoms in total. The van der Waals surface area contributed by atoms with Gasteiger partial charge < -0.3 is 5.11 Å². The Morgan fingerprint density at radius 3 is 2.19 bits per heavy atom. The van der Waals surface area contributed by atoms with Crippen LogP contribution in [-0.4, -0.2) is 26.0 Å². The van der Waals surface area contributed by atoms with Gasteiger partial charge in [0.15, 0.2) is 0 Å². The molecule has 2 N–H and O–H groups in total. The molecule has 0 fully saturated rings. The van der Waals surface area contributed by atoms with Crippen LogP contribution in [0.2, 0.25) is 0 Å². The molecule has 0 unspecified atom stereocenters. The number of sulfonamides is 1. The summed E-state index contributed by atoms with van der Waals surface area (Å²) in [5, 5.41) is 8.41. The van der Waals surface area contributed by atoms with Gasteiger partial charge in [0.2, 0.25) is 10.0 Å².